The summed E-state index contributed by atoms with van der Waals surface area (Å²) in [7, 11) is -1.41. The Bertz CT molecular complexity index is 204. The molecule has 1 rings (SSSR count). The zero-order valence-electron chi connectivity index (χ0n) is 7.20. The van der Waals surface area contributed by atoms with E-state index in [1.54, 1.807) is 0 Å². The van der Waals surface area contributed by atoms with E-state index in [2.05, 4.69) is 31.1 Å². The highest BCUT2D eigenvalue weighted by molar-refractivity contribution is 6.83. The standard InChI is InChI=1S/C8H13FOSi/c1-11(2,3)5-4-8(9)6-10-7-8/h6-7H2,1-3H3. The number of rotatable bonds is 0. The van der Waals surface area contributed by atoms with Gasteiger partial charge < -0.3 is 4.74 Å². The predicted molar refractivity (Wildman–Crippen MR) is 45.8 cm³/mol. The van der Waals surface area contributed by atoms with E-state index >= 15 is 0 Å². The first-order valence-electron chi connectivity index (χ1n) is 3.72. The highest BCUT2D eigenvalue weighted by Gasteiger charge is 2.36. The Morgan fingerprint density at radius 1 is 1.36 bits per heavy atom. The van der Waals surface area contributed by atoms with Gasteiger partial charge in [0, 0.05) is 0 Å². The molecule has 0 unspecified atom stereocenters. The van der Waals surface area contributed by atoms with Crippen molar-refractivity contribution < 1.29 is 9.13 Å². The van der Waals surface area contributed by atoms with Crippen molar-refractivity contribution in [1.29, 1.82) is 0 Å². The topological polar surface area (TPSA) is 9.23 Å². The first-order valence-corrected chi connectivity index (χ1v) is 7.22. The Kier molecular flexibility index (Phi) is 2.08. The van der Waals surface area contributed by atoms with Crippen molar-refractivity contribution in [2.45, 2.75) is 25.3 Å². The van der Waals surface area contributed by atoms with Crippen molar-refractivity contribution in [2.75, 3.05) is 13.2 Å². The van der Waals surface area contributed by atoms with Gasteiger partial charge in [-0.15, -0.1) is 5.54 Å². The molecule has 1 aliphatic rings. The van der Waals surface area contributed by atoms with Crippen molar-refractivity contribution in [2.24, 2.45) is 0 Å². The van der Waals surface area contributed by atoms with Gasteiger partial charge >= 0.3 is 0 Å². The first-order chi connectivity index (χ1) is 4.91. The van der Waals surface area contributed by atoms with Crippen LogP contribution in [0.4, 0.5) is 4.39 Å². The van der Waals surface area contributed by atoms with Crippen LogP contribution in [0.15, 0.2) is 0 Å². The third-order valence-corrected chi connectivity index (χ3v) is 2.20. The fraction of sp³-hybridized carbons (Fsp3) is 0.750. The van der Waals surface area contributed by atoms with Gasteiger partial charge in [0.15, 0.2) is 0 Å². The maximum absolute atomic E-state index is 13.2. The number of alkyl halides is 1. The fourth-order valence-electron chi connectivity index (χ4n) is 0.653. The van der Waals surface area contributed by atoms with E-state index in [-0.39, 0.29) is 13.2 Å². The Morgan fingerprint density at radius 3 is 2.18 bits per heavy atom. The largest absolute Gasteiger partial charge is 0.372 e. The third kappa shape index (κ3) is 2.64. The maximum atomic E-state index is 13.2. The number of hydrogen-bond acceptors (Lipinski definition) is 1. The van der Waals surface area contributed by atoms with Crippen molar-refractivity contribution in [3.05, 3.63) is 0 Å². The molecule has 0 amide bonds. The minimum Gasteiger partial charge on any atom is -0.372 e. The van der Waals surface area contributed by atoms with Crippen molar-refractivity contribution in [1.82, 2.24) is 0 Å². The summed E-state index contributed by atoms with van der Waals surface area (Å²) in [5.74, 6) is 2.66. The summed E-state index contributed by atoms with van der Waals surface area (Å²) < 4.78 is 17.9. The predicted octanol–water partition coefficient (Wildman–Crippen LogP) is 1.61. The maximum Gasteiger partial charge on any atom is 0.216 e. The van der Waals surface area contributed by atoms with Gasteiger partial charge in [-0.1, -0.05) is 25.6 Å². The molecule has 0 aromatic heterocycles. The van der Waals surface area contributed by atoms with E-state index < -0.39 is 13.7 Å². The molecule has 0 aliphatic carbocycles. The Labute approximate surface area is 67.9 Å². The van der Waals surface area contributed by atoms with Crippen LogP contribution in [0, 0.1) is 11.5 Å². The fourth-order valence-corrected chi connectivity index (χ4v) is 1.25. The zero-order chi connectivity index (χ0) is 8.54. The summed E-state index contributed by atoms with van der Waals surface area (Å²) in [5.41, 5.74) is 1.68. The van der Waals surface area contributed by atoms with Gasteiger partial charge in [-0.25, -0.2) is 4.39 Å². The summed E-state index contributed by atoms with van der Waals surface area (Å²) in [4.78, 5) is 0. The van der Waals surface area contributed by atoms with Crippen LogP contribution in [-0.4, -0.2) is 27.0 Å². The number of halogens is 1. The second-order valence-electron chi connectivity index (χ2n) is 3.96. The molecule has 0 atom stereocenters. The molecule has 3 heteroatoms. The van der Waals surface area contributed by atoms with E-state index in [9.17, 15) is 4.39 Å². The second-order valence-corrected chi connectivity index (χ2v) is 8.71. The van der Waals surface area contributed by atoms with Gasteiger partial charge in [0.2, 0.25) is 5.67 Å². The molecular formula is C8H13FOSi. The second kappa shape index (κ2) is 2.61. The average Bonchev–Trinajstić information content (AvgIpc) is 1.77. The van der Waals surface area contributed by atoms with Gasteiger partial charge in [0.1, 0.15) is 8.07 Å². The Morgan fingerprint density at radius 2 is 1.91 bits per heavy atom. The Hall–Kier alpha value is -0.333. The molecule has 0 N–H and O–H groups in total. The lowest BCUT2D eigenvalue weighted by molar-refractivity contribution is -0.0934. The molecule has 0 radical (unpaired) electrons. The van der Waals surface area contributed by atoms with Gasteiger partial charge in [-0.2, -0.15) is 0 Å². The van der Waals surface area contributed by atoms with Crippen LogP contribution in [0.2, 0.25) is 19.6 Å². The third-order valence-electron chi connectivity index (χ3n) is 1.32. The molecule has 1 saturated heterocycles. The molecule has 0 bridgehead atoms. The van der Waals surface area contributed by atoms with E-state index in [1.807, 2.05) is 0 Å². The molecule has 0 aromatic rings. The van der Waals surface area contributed by atoms with Gasteiger partial charge in [0.25, 0.3) is 0 Å². The summed E-state index contributed by atoms with van der Waals surface area (Å²) in [6.07, 6.45) is 0. The van der Waals surface area contributed by atoms with Crippen LogP contribution >= 0.6 is 0 Å². The van der Waals surface area contributed by atoms with Gasteiger partial charge in [0.05, 0.1) is 13.2 Å². The van der Waals surface area contributed by atoms with Crippen LogP contribution in [-0.2, 0) is 4.74 Å². The van der Waals surface area contributed by atoms with Crippen LogP contribution < -0.4 is 0 Å². The number of hydrogen-bond donors (Lipinski definition) is 0. The van der Waals surface area contributed by atoms with Crippen LogP contribution in [0.5, 0.6) is 0 Å². The van der Waals surface area contributed by atoms with Crippen molar-refractivity contribution in [3.8, 4) is 11.5 Å². The SMILES string of the molecule is C[Si](C)(C)C#CC1(F)COC1. The molecule has 0 saturated carbocycles. The van der Waals surface area contributed by atoms with Crippen molar-refractivity contribution >= 4 is 8.07 Å². The Balaban J connectivity index is 2.56. The summed E-state index contributed by atoms with van der Waals surface area (Å²) in [6.45, 7) is 6.61. The highest BCUT2D eigenvalue weighted by atomic mass is 28.3. The summed E-state index contributed by atoms with van der Waals surface area (Å²) >= 11 is 0. The lowest BCUT2D eigenvalue weighted by Gasteiger charge is -2.28. The average molecular weight is 172 g/mol. The van der Waals surface area contributed by atoms with Crippen LogP contribution in [0.25, 0.3) is 0 Å². The molecule has 0 aromatic carbocycles. The molecule has 1 fully saturated rings. The van der Waals surface area contributed by atoms with E-state index in [1.165, 1.54) is 0 Å². The molecule has 1 heterocycles. The zero-order valence-corrected chi connectivity index (χ0v) is 8.20. The molecule has 11 heavy (non-hydrogen) atoms. The molecule has 62 valence electrons. The lowest BCUT2D eigenvalue weighted by atomic mass is 10.1. The molecule has 0 spiro atoms. The minimum absolute atomic E-state index is 0.157. The van der Waals surface area contributed by atoms with Crippen LogP contribution in [0.1, 0.15) is 0 Å². The monoisotopic (exact) mass is 172 g/mol. The van der Waals surface area contributed by atoms with E-state index in [4.69, 9.17) is 4.74 Å². The minimum atomic E-state index is -1.41. The summed E-state index contributed by atoms with van der Waals surface area (Å²) in [5, 5.41) is 0. The summed E-state index contributed by atoms with van der Waals surface area (Å²) in [6, 6.07) is 0. The molecule has 1 nitrogen and oxygen atoms in total. The highest BCUT2D eigenvalue weighted by Crippen LogP contribution is 2.20. The van der Waals surface area contributed by atoms with Crippen molar-refractivity contribution in [3.63, 3.8) is 0 Å². The number of ether oxygens (including phenoxy) is 1. The van der Waals surface area contributed by atoms with Gasteiger partial charge in [-0.05, 0) is 0 Å². The molecular weight excluding hydrogens is 159 g/mol. The van der Waals surface area contributed by atoms with Gasteiger partial charge in [-0.3, -0.25) is 0 Å². The smallest absolute Gasteiger partial charge is 0.216 e. The quantitative estimate of drug-likeness (QED) is 0.398. The normalized spacial score (nSPS) is 21.5. The van der Waals surface area contributed by atoms with E-state index in [0.717, 1.165) is 0 Å². The lowest BCUT2D eigenvalue weighted by Crippen LogP contribution is -2.44. The molecule has 1 aliphatic heterocycles. The van der Waals surface area contributed by atoms with Crippen LogP contribution in [0.3, 0.4) is 0 Å². The van der Waals surface area contributed by atoms with E-state index in [0.29, 0.717) is 0 Å². The first kappa shape index (κ1) is 8.76.